The zero-order valence-corrected chi connectivity index (χ0v) is 18.2. The molecule has 0 unspecified atom stereocenters. The standard InChI is InChI=1S/C17H17ClN6O5S2/c18-13-3-7-15(8-4-13)31(28,29)19-10-9-12-1-5-14(6-2-12)30(26,27)11-16(25)20-17-21-23-24-22-17/h1-8,19H,9-11H2,(H2,20,21,22,23,24,25). The average molecular weight is 485 g/mol. The van der Waals surface area contributed by atoms with Gasteiger partial charge < -0.3 is 0 Å². The van der Waals surface area contributed by atoms with Crippen molar-refractivity contribution in [2.75, 3.05) is 17.6 Å². The number of aromatic amines is 1. The maximum Gasteiger partial charge on any atom is 0.269 e. The summed E-state index contributed by atoms with van der Waals surface area (Å²) in [6.07, 6.45) is 0.339. The smallest absolute Gasteiger partial charge is 0.269 e. The summed E-state index contributed by atoms with van der Waals surface area (Å²) in [6.45, 7) is 0.115. The number of nitrogens with one attached hydrogen (secondary N) is 3. The molecule has 0 spiro atoms. The predicted octanol–water partition coefficient (Wildman–Crippen LogP) is 0.786. The molecule has 1 amide bonds. The van der Waals surface area contributed by atoms with E-state index in [4.69, 9.17) is 11.6 Å². The van der Waals surface area contributed by atoms with Gasteiger partial charge in [-0.15, -0.1) is 5.10 Å². The topological polar surface area (TPSA) is 164 Å². The molecule has 0 atom stereocenters. The molecular weight excluding hydrogens is 468 g/mol. The van der Waals surface area contributed by atoms with Crippen LogP contribution < -0.4 is 10.0 Å². The van der Waals surface area contributed by atoms with Crippen molar-refractivity contribution >= 4 is 43.3 Å². The van der Waals surface area contributed by atoms with Crippen molar-refractivity contribution in [3.05, 3.63) is 59.1 Å². The van der Waals surface area contributed by atoms with E-state index >= 15 is 0 Å². The molecule has 0 radical (unpaired) electrons. The Bertz CT molecular complexity index is 1250. The van der Waals surface area contributed by atoms with Gasteiger partial charge in [-0.25, -0.2) is 21.6 Å². The number of amides is 1. The third-order valence-electron chi connectivity index (χ3n) is 4.03. The van der Waals surface area contributed by atoms with Crippen LogP contribution in [0.4, 0.5) is 5.95 Å². The number of sulfonamides is 1. The van der Waals surface area contributed by atoms with Crippen LogP contribution in [-0.4, -0.2) is 55.7 Å². The van der Waals surface area contributed by atoms with Crippen molar-refractivity contribution in [2.24, 2.45) is 0 Å². The quantitative estimate of drug-likeness (QED) is 0.401. The molecule has 0 aliphatic rings. The van der Waals surface area contributed by atoms with Gasteiger partial charge in [-0.05, 0) is 53.6 Å². The van der Waals surface area contributed by atoms with E-state index in [1.165, 1.54) is 36.4 Å². The number of aromatic nitrogens is 4. The minimum atomic E-state index is -3.88. The summed E-state index contributed by atoms with van der Waals surface area (Å²) in [6, 6.07) is 11.6. The zero-order valence-electron chi connectivity index (χ0n) is 15.8. The van der Waals surface area contributed by atoms with E-state index in [-0.39, 0.29) is 22.3 Å². The summed E-state index contributed by atoms with van der Waals surface area (Å²) in [5, 5.41) is 15.0. The van der Waals surface area contributed by atoms with E-state index < -0.39 is 31.5 Å². The fraction of sp³-hybridized carbons (Fsp3) is 0.176. The van der Waals surface area contributed by atoms with E-state index in [9.17, 15) is 21.6 Å². The highest BCUT2D eigenvalue weighted by atomic mass is 35.5. The van der Waals surface area contributed by atoms with Crippen molar-refractivity contribution in [2.45, 2.75) is 16.2 Å². The third kappa shape index (κ3) is 6.30. The van der Waals surface area contributed by atoms with Crippen LogP contribution in [0.15, 0.2) is 58.3 Å². The lowest BCUT2D eigenvalue weighted by Gasteiger charge is -2.08. The predicted molar refractivity (Wildman–Crippen MR) is 112 cm³/mol. The molecule has 31 heavy (non-hydrogen) atoms. The number of carbonyl (C=O) groups is 1. The Balaban J connectivity index is 1.55. The Labute approximate surface area is 183 Å². The maximum absolute atomic E-state index is 12.4. The number of anilines is 1. The number of tetrazole rings is 1. The van der Waals surface area contributed by atoms with E-state index in [0.717, 1.165) is 0 Å². The highest BCUT2D eigenvalue weighted by molar-refractivity contribution is 7.92. The van der Waals surface area contributed by atoms with Gasteiger partial charge in [0.2, 0.25) is 15.9 Å². The second kappa shape index (κ2) is 9.51. The van der Waals surface area contributed by atoms with Crippen molar-refractivity contribution in [3.63, 3.8) is 0 Å². The second-order valence-corrected chi connectivity index (χ2v) is 10.5. The number of hydrogen-bond acceptors (Lipinski definition) is 8. The fourth-order valence-electron chi connectivity index (χ4n) is 2.52. The number of carbonyl (C=O) groups excluding carboxylic acids is 1. The molecule has 0 saturated carbocycles. The van der Waals surface area contributed by atoms with Crippen LogP contribution in [0.3, 0.4) is 0 Å². The summed E-state index contributed by atoms with van der Waals surface area (Å²) in [4.78, 5) is 11.9. The second-order valence-electron chi connectivity index (χ2n) is 6.29. The van der Waals surface area contributed by atoms with Gasteiger partial charge >= 0.3 is 0 Å². The molecule has 164 valence electrons. The molecule has 3 aromatic rings. The molecule has 0 aliphatic heterocycles. The Kier molecular flexibility index (Phi) is 7.00. The van der Waals surface area contributed by atoms with Crippen LogP contribution in [0.1, 0.15) is 5.56 Å². The molecule has 3 rings (SSSR count). The number of nitrogens with zero attached hydrogens (tertiary/aromatic N) is 3. The van der Waals surface area contributed by atoms with Gasteiger partial charge in [0.15, 0.2) is 9.84 Å². The summed E-state index contributed by atoms with van der Waals surface area (Å²) in [7, 11) is -7.56. The van der Waals surface area contributed by atoms with Crippen molar-refractivity contribution in [1.29, 1.82) is 0 Å². The number of hydrogen-bond donors (Lipinski definition) is 3. The maximum atomic E-state index is 12.4. The van der Waals surface area contributed by atoms with E-state index in [2.05, 4.69) is 30.7 Å². The summed E-state index contributed by atoms with van der Waals surface area (Å²) in [5.74, 6) is -1.72. The molecule has 1 aromatic heterocycles. The summed E-state index contributed by atoms with van der Waals surface area (Å²) < 4.78 is 51.7. The number of rotatable bonds is 9. The van der Waals surface area contributed by atoms with Crippen LogP contribution in [0.25, 0.3) is 0 Å². The van der Waals surface area contributed by atoms with Gasteiger partial charge in [0, 0.05) is 11.6 Å². The first-order chi connectivity index (χ1) is 14.7. The van der Waals surface area contributed by atoms with Gasteiger partial charge in [-0.3, -0.25) is 10.1 Å². The van der Waals surface area contributed by atoms with Crippen LogP contribution >= 0.6 is 11.6 Å². The Morgan fingerprint density at radius 1 is 0.968 bits per heavy atom. The van der Waals surface area contributed by atoms with Crippen molar-refractivity contribution < 1.29 is 21.6 Å². The fourth-order valence-corrected chi connectivity index (χ4v) is 4.81. The molecule has 2 aromatic carbocycles. The van der Waals surface area contributed by atoms with Crippen molar-refractivity contribution in [3.8, 4) is 0 Å². The molecule has 1 heterocycles. The van der Waals surface area contributed by atoms with Gasteiger partial charge in [-0.1, -0.05) is 28.8 Å². The zero-order chi connectivity index (χ0) is 22.5. The molecule has 0 saturated heterocycles. The largest absolute Gasteiger partial charge is 0.291 e. The number of halogens is 1. The first-order valence-electron chi connectivity index (χ1n) is 8.76. The van der Waals surface area contributed by atoms with Crippen molar-refractivity contribution in [1.82, 2.24) is 25.3 Å². The molecule has 0 bridgehead atoms. The lowest BCUT2D eigenvalue weighted by molar-refractivity contribution is -0.113. The molecule has 0 fully saturated rings. The number of sulfone groups is 1. The Morgan fingerprint density at radius 3 is 2.23 bits per heavy atom. The van der Waals surface area contributed by atoms with Crippen LogP contribution in [0.5, 0.6) is 0 Å². The minimum Gasteiger partial charge on any atom is -0.291 e. The van der Waals surface area contributed by atoms with E-state index in [0.29, 0.717) is 17.0 Å². The SMILES string of the molecule is O=C(CS(=O)(=O)c1ccc(CCNS(=O)(=O)c2ccc(Cl)cc2)cc1)Nc1nn[nH]n1. The molecule has 3 N–H and O–H groups in total. The molecule has 0 aliphatic carbocycles. The monoisotopic (exact) mass is 484 g/mol. The number of H-pyrrole nitrogens is 1. The van der Waals surface area contributed by atoms with Gasteiger partial charge in [0.05, 0.1) is 9.79 Å². The molecular formula is C17H17ClN6O5S2. The van der Waals surface area contributed by atoms with Gasteiger partial charge in [-0.2, -0.15) is 5.21 Å². The summed E-state index contributed by atoms with van der Waals surface area (Å²) in [5.41, 5.74) is 0.717. The molecule has 11 nitrogen and oxygen atoms in total. The van der Waals surface area contributed by atoms with E-state index in [1.54, 1.807) is 12.1 Å². The van der Waals surface area contributed by atoms with E-state index in [1.807, 2.05) is 0 Å². The Morgan fingerprint density at radius 2 is 1.61 bits per heavy atom. The first-order valence-corrected chi connectivity index (χ1v) is 12.3. The highest BCUT2D eigenvalue weighted by Gasteiger charge is 2.20. The minimum absolute atomic E-state index is 0.0405. The van der Waals surface area contributed by atoms with Gasteiger partial charge in [0.1, 0.15) is 5.75 Å². The summed E-state index contributed by atoms with van der Waals surface area (Å²) >= 11 is 5.76. The van der Waals surface area contributed by atoms with Crippen LogP contribution in [-0.2, 0) is 31.1 Å². The van der Waals surface area contributed by atoms with Crippen LogP contribution in [0.2, 0.25) is 5.02 Å². The van der Waals surface area contributed by atoms with Crippen LogP contribution in [0, 0.1) is 0 Å². The van der Waals surface area contributed by atoms with Gasteiger partial charge in [0.25, 0.3) is 5.95 Å². The lowest BCUT2D eigenvalue weighted by atomic mass is 10.2. The normalized spacial score (nSPS) is 11.9. The molecule has 14 heteroatoms. The lowest BCUT2D eigenvalue weighted by Crippen LogP contribution is -2.26. The Hall–Kier alpha value is -2.87. The first kappa shape index (κ1) is 22.8. The number of benzene rings is 2. The third-order valence-corrected chi connectivity index (χ3v) is 7.39. The average Bonchev–Trinajstić information content (AvgIpc) is 3.21. The highest BCUT2D eigenvalue weighted by Crippen LogP contribution is 2.15.